The Morgan fingerprint density at radius 3 is 2.91 bits per heavy atom. The van der Waals surface area contributed by atoms with E-state index in [4.69, 9.17) is 0 Å². The molecule has 2 aromatic carbocycles. The number of hydrogen-bond acceptors (Lipinski definition) is 4. The third kappa shape index (κ3) is 3.84. The first-order valence-corrected chi connectivity index (χ1v) is 8.65. The van der Waals surface area contributed by atoms with Crippen molar-refractivity contribution in [2.75, 3.05) is 11.1 Å². The molecule has 3 nitrogen and oxygen atoms in total. The maximum atomic E-state index is 13.0. The zero-order valence-electron chi connectivity index (χ0n) is 11.6. The summed E-state index contributed by atoms with van der Waals surface area (Å²) in [5.41, 5.74) is 1.47. The van der Waals surface area contributed by atoms with E-state index in [9.17, 15) is 9.18 Å². The Morgan fingerprint density at radius 1 is 1.23 bits per heavy atom. The van der Waals surface area contributed by atoms with Crippen LogP contribution in [0, 0.1) is 5.82 Å². The zero-order chi connectivity index (χ0) is 15.4. The molecule has 3 aromatic rings. The SMILES string of the molecule is O=C(CSCc1nc2ccccc2s1)Nc1cccc(F)c1. The van der Waals surface area contributed by atoms with Crippen LogP contribution in [0.4, 0.5) is 10.1 Å². The van der Waals surface area contributed by atoms with E-state index in [0.29, 0.717) is 17.2 Å². The molecule has 0 atom stereocenters. The summed E-state index contributed by atoms with van der Waals surface area (Å²) in [7, 11) is 0. The van der Waals surface area contributed by atoms with Crippen LogP contribution in [-0.2, 0) is 10.5 Å². The van der Waals surface area contributed by atoms with Crippen LogP contribution in [0.25, 0.3) is 10.2 Å². The van der Waals surface area contributed by atoms with E-state index in [-0.39, 0.29) is 11.7 Å². The number of fused-ring (bicyclic) bond motifs is 1. The highest BCUT2D eigenvalue weighted by atomic mass is 32.2. The molecule has 0 aliphatic heterocycles. The van der Waals surface area contributed by atoms with Crippen molar-refractivity contribution in [3.8, 4) is 0 Å². The number of carbonyl (C=O) groups is 1. The van der Waals surface area contributed by atoms with Gasteiger partial charge in [0.1, 0.15) is 10.8 Å². The highest BCUT2D eigenvalue weighted by Crippen LogP contribution is 2.24. The second-order valence-electron chi connectivity index (χ2n) is 4.63. The molecule has 112 valence electrons. The number of thioether (sulfide) groups is 1. The van der Waals surface area contributed by atoms with Crippen molar-refractivity contribution in [3.63, 3.8) is 0 Å². The molecular formula is C16H13FN2OS2. The Morgan fingerprint density at radius 2 is 2.09 bits per heavy atom. The van der Waals surface area contributed by atoms with Crippen molar-refractivity contribution in [2.45, 2.75) is 5.75 Å². The maximum Gasteiger partial charge on any atom is 0.234 e. The van der Waals surface area contributed by atoms with Gasteiger partial charge in [-0.1, -0.05) is 18.2 Å². The number of para-hydroxylation sites is 1. The van der Waals surface area contributed by atoms with Crippen LogP contribution in [0.1, 0.15) is 5.01 Å². The lowest BCUT2D eigenvalue weighted by molar-refractivity contribution is -0.113. The minimum absolute atomic E-state index is 0.142. The molecule has 0 fully saturated rings. The number of benzene rings is 2. The molecule has 0 saturated heterocycles. The number of amides is 1. The Kier molecular flexibility index (Phi) is 4.70. The number of carbonyl (C=O) groups excluding carboxylic acids is 1. The third-order valence-corrected chi connectivity index (χ3v) is 5.07. The van der Waals surface area contributed by atoms with Gasteiger partial charge >= 0.3 is 0 Å². The van der Waals surface area contributed by atoms with Gasteiger partial charge in [0.05, 0.1) is 16.0 Å². The van der Waals surface area contributed by atoms with Crippen molar-refractivity contribution in [2.24, 2.45) is 0 Å². The van der Waals surface area contributed by atoms with Gasteiger partial charge in [-0.05, 0) is 30.3 Å². The van der Waals surface area contributed by atoms with Crippen LogP contribution in [-0.4, -0.2) is 16.6 Å². The topological polar surface area (TPSA) is 42.0 Å². The van der Waals surface area contributed by atoms with Crippen LogP contribution >= 0.6 is 23.1 Å². The largest absolute Gasteiger partial charge is 0.325 e. The van der Waals surface area contributed by atoms with Crippen molar-refractivity contribution in [3.05, 3.63) is 59.4 Å². The summed E-state index contributed by atoms with van der Waals surface area (Å²) in [5, 5.41) is 3.68. The molecular weight excluding hydrogens is 319 g/mol. The molecule has 1 N–H and O–H groups in total. The highest BCUT2D eigenvalue weighted by Gasteiger charge is 2.06. The number of nitrogens with one attached hydrogen (secondary N) is 1. The normalized spacial score (nSPS) is 10.8. The van der Waals surface area contributed by atoms with E-state index in [1.54, 1.807) is 23.5 Å². The summed E-state index contributed by atoms with van der Waals surface area (Å²) in [5.74, 6) is 0.499. The number of halogens is 1. The molecule has 22 heavy (non-hydrogen) atoms. The lowest BCUT2D eigenvalue weighted by Gasteiger charge is -2.04. The Balaban J connectivity index is 1.51. The molecule has 6 heteroatoms. The predicted octanol–water partition coefficient (Wildman–Crippen LogP) is 4.31. The summed E-state index contributed by atoms with van der Waals surface area (Å²) in [6.45, 7) is 0. The molecule has 1 amide bonds. The van der Waals surface area contributed by atoms with Crippen molar-refractivity contribution in [1.29, 1.82) is 0 Å². The lowest BCUT2D eigenvalue weighted by Crippen LogP contribution is -2.14. The molecule has 0 spiro atoms. The lowest BCUT2D eigenvalue weighted by atomic mass is 10.3. The number of anilines is 1. The Hall–Kier alpha value is -1.92. The van der Waals surface area contributed by atoms with Gasteiger partial charge in [-0.3, -0.25) is 4.79 Å². The van der Waals surface area contributed by atoms with Gasteiger partial charge in [-0.25, -0.2) is 9.37 Å². The fraction of sp³-hybridized carbons (Fsp3) is 0.125. The fourth-order valence-electron chi connectivity index (χ4n) is 1.98. The molecule has 1 aromatic heterocycles. The molecule has 0 unspecified atom stereocenters. The number of nitrogens with zero attached hydrogens (tertiary/aromatic N) is 1. The van der Waals surface area contributed by atoms with Crippen LogP contribution in [0.5, 0.6) is 0 Å². The van der Waals surface area contributed by atoms with Gasteiger partial charge in [0.2, 0.25) is 5.91 Å². The van der Waals surface area contributed by atoms with E-state index in [0.717, 1.165) is 15.2 Å². The van der Waals surface area contributed by atoms with Crippen LogP contribution < -0.4 is 5.32 Å². The molecule has 0 radical (unpaired) electrons. The molecule has 0 aliphatic carbocycles. The number of aromatic nitrogens is 1. The van der Waals surface area contributed by atoms with Gasteiger partial charge in [-0.15, -0.1) is 23.1 Å². The monoisotopic (exact) mass is 332 g/mol. The van der Waals surface area contributed by atoms with Gasteiger partial charge in [0.15, 0.2) is 0 Å². The predicted molar refractivity (Wildman–Crippen MR) is 90.8 cm³/mol. The summed E-state index contributed by atoms with van der Waals surface area (Å²) in [6, 6.07) is 13.9. The Labute approximate surface area is 135 Å². The number of rotatable bonds is 5. The molecule has 0 bridgehead atoms. The molecule has 3 rings (SSSR count). The summed E-state index contributed by atoms with van der Waals surface area (Å²) in [6.07, 6.45) is 0. The van der Waals surface area contributed by atoms with E-state index >= 15 is 0 Å². The van der Waals surface area contributed by atoms with Crippen molar-refractivity contribution < 1.29 is 9.18 Å². The van der Waals surface area contributed by atoms with E-state index in [2.05, 4.69) is 10.3 Å². The van der Waals surface area contributed by atoms with Crippen LogP contribution in [0.15, 0.2) is 48.5 Å². The van der Waals surface area contributed by atoms with E-state index < -0.39 is 0 Å². The summed E-state index contributed by atoms with van der Waals surface area (Å²) < 4.78 is 14.2. The zero-order valence-corrected chi connectivity index (χ0v) is 13.2. The maximum absolute atomic E-state index is 13.0. The minimum Gasteiger partial charge on any atom is -0.325 e. The second kappa shape index (κ2) is 6.89. The average Bonchev–Trinajstić information content (AvgIpc) is 2.90. The molecule has 1 heterocycles. The Bertz CT molecular complexity index is 770. The average molecular weight is 332 g/mol. The van der Waals surface area contributed by atoms with Crippen LogP contribution in [0.3, 0.4) is 0 Å². The van der Waals surface area contributed by atoms with Gasteiger partial charge < -0.3 is 5.32 Å². The summed E-state index contributed by atoms with van der Waals surface area (Å²) >= 11 is 3.14. The minimum atomic E-state index is -0.361. The van der Waals surface area contributed by atoms with E-state index in [1.807, 2.05) is 24.3 Å². The smallest absolute Gasteiger partial charge is 0.234 e. The van der Waals surface area contributed by atoms with Crippen molar-refractivity contribution in [1.82, 2.24) is 4.98 Å². The fourth-order valence-corrected chi connectivity index (χ4v) is 3.82. The molecule has 0 aliphatic rings. The van der Waals surface area contributed by atoms with Gasteiger partial charge in [-0.2, -0.15) is 0 Å². The highest BCUT2D eigenvalue weighted by molar-refractivity contribution is 7.99. The molecule has 0 saturated carbocycles. The first-order chi connectivity index (χ1) is 10.7. The van der Waals surface area contributed by atoms with Gasteiger partial charge in [0.25, 0.3) is 0 Å². The van der Waals surface area contributed by atoms with Crippen molar-refractivity contribution >= 4 is 44.9 Å². The first kappa shape index (κ1) is 15.0. The number of hydrogen-bond donors (Lipinski definition) is 1. The first-order valence-electron chi connectivity index (χ1n) is 6.68. The summed E-state index contributed by atoms with van der Waals surface area (Å²) in [4.78, 5) is 16.3. The quantitative estimate of drug-likeness (QED) is 0.757. The van der Waals surface area contributed by atoms with Gasteiger partial charge in [0, 0.05) is 11.4 Å². The van der Waals surface area contributed by atoms with E-state index in [1.165, 1.54) is 23.9 Å². The standard InChI is InChI=1S/C16H13FN2OS2/c17-11-4-3-5-12(8-11)18-15(20)9-21-10-16-19-13-6-1-2-7-14(13)22-16/h1-8H,9-10H2,(H,18,20). The number of thiazole rings is 1. The third-order valence-electron chi connectivity index (χ3n) is 2.91. The second-order valence-corrected chi connectivity index (χ2v) is 6.73. The van der Waals surface area contributed by atoms with Crippen LogP contribution in [0.2, 0.25) is 0 Å².